The van der Waals surface area contributed by atoms with Crippen LogP contribution in [0.3, 0.4) is 0 Å². The molecule has 180 valence electrons. The predicted octanol–water partition coefficient (Wildman–Crippen LogP) is 4.49. The van der Waals surface area contributed by atoms with E-state index in [1.807, 2.05) is 0 Å². The van der Waals surface area contributed by atoms with Crippen molar-refractivity contribution in [3.8, 4) is 0 Å². The van der Waals surface area contributed by atoms with Crippen LogP contribution in [0, 0.1) is 0 Å². The molecule has 0 aliphatic heterocycles. The Morgan fingerprint density at radius 2 is 1.58 bits per heavy atom. The molecular formula is C23H30F3N5O2. The number of alkyl halides is 3. The second-order valence-corrected chi connectivity index (χ2v) is 7.57. The lowest BCUT2D eigenvalue weighted by Crippen LogP contribution is -2.35. The first kappa shape index (κ1) is 26.0. The number of benzene rings is 2. The molecular weight excluding hydrogens is 435 g/mol. The number of urea groups is 1. The molecule has 0 fully saturated rings. The van der Waals surface area contributed by atoms with Crippen molar-refractivity contribution < 1.29 is 22.8 Å². The molecule has 0 aliphatic rings. The Morgan fingerprint density at radius 1 is 0.939 bits per heavy atom. The SMILES string of the molecule is CCN(CC)CCNC(=O)c1cc(NC(=O)Nc2cccc(C(F)(F)F)c2)ccc1N(C)C. The number of likely N-dealkylation sites (N-methyl/N-ethyl adjacent to an activating group) is 1. The predicted molar refractivity (Wildman–Crippen MR) is 125 cm³/mol. The molecule has 3 amide bonds. The van der Waals surface area contributed by atoms with Gasteiger partial charge in [0.05, 0.1) is 11.1 Å². The summed E-state index contributed by atoms with van der Waals surface area (Å²) in [6, 6.07) is 8.47. The van der Waals surface area contributed by atoms with Gasteiger partial charge in [-0.05, 0) is 49.5 Å². The zero-order valence-electron chi connectivity index (χ0n) is 19.2. The average molecular weight is 466 g/mol. The number of nitrogens with one attached hydrogen (secondary N) is 3. The molecule has 0 bridgehead atoms. The lowest BCUT2D eigenvalue weighted by atomic mass is 10.1. The highest BCUT2D eigenvalue weighted by Gasteiger charge is 2.30. The molecule has 0 aliphatic carbocycles. The van der Waals surface area contributed by atoms with Gasteiger partial charge in [-0.1, -0.05) is 19.9 Å². The fraction of sp³-hybridized carbons (Fsp3) is 0.391. The number of hydrogen-bond donors (Lipinski definition) is 3. The maximum atomic E-state index is 12.9. The van der Waals surface area contributed by atoms with Crippen LogP contribution in [0.2, 0.25) is 0 Å². The minimum absolute atomic E-state index is 0.00149. The quantitative estimate of drug-likeness (QED) is 0.510. The fourth-order valence-corrected chi connectivity index (χ4v) is 3.21. The van der Waals surface area contributed by atoms with Crippen molar-refractivity contribution in [1.82, 2.24) is 10.2 Å². The van der Waals surface area contributed by atoms with Gasteiger partial charge in [0.15, 0.2) is 0 Å². The summed E-state index contributed by atoms with van der Waals surface area (Å²) in [5.41, 5.74) is 0.510. The van der Waals surface area contributed by atoms with Crippen molar-refractivity contribution in [2.75, 3.05) is 55.8 Å². The third-order valence-electron chi connectivity index (χ3n) is 5.04. The topological polar surface area (TPSA) is 76.7 Å². The van der Waals surface area contributed by atoms with Gasteiger partial charge in [-0.2, -0.15) is 13.2 Å². The Kier molecular flexibility index (Phi) is 9.10. The van der Waals surface area contributed by atoms with E-state index in [2.05, 4.69) is 34.7 Å². The molecule has 0 unspecified atom stereocenters. The second-order valence-electron chi connectivity index (χ2n) is 7.57. The first-order valence-electron chi connectivity index (χ1n) is 10.6. The van der Waals surface area contributed by atoms with Crippen molar-refractivity contribution in [2.45, 2.75) is 20.0 Å². The number of nitrogens with zero attached hydrogens (tertiary/aromatic N) is 2. The Balaban J connectivity index is 2.11. The molecule has 0 saturated heterocycles. The Bertz CT molecular complexity index is 959. The van der Waals surface area contributed by atoms with Crippen LogP contribution in [0.4, 0.5) is 35.0 Å². The maximum absolute atomic E-state index is 12.9. The Labute approximate surface area is 191 Å². The molecule has 33 heavy (non-hydrogen) atoms. The maximum Gasteiger partial charge on any atom is 0.416 e. The lowest BCUT2D eigenvalue weighted by Gasteiger charge is -2.20. The first-order valence-corrected chi connectivity index (χ1v) is 10.6. The van der Waals surface area contributed by atoms with E-state index >= 15 is 0 Å². The van der Waals surface area contributed by atoms with Crippen LogP contribution in [0.15, 0.2) is 42.5 Å². The van der Waals surface area contributed by atoms with E-state index in [0.717, 1.165) is 25.2 Å². The number of hydrogen-bond acceptors (Lipinski definition) is 4. The summed E-state index contributed by atoms with van der Waals surface area (Å²) < 4.78 is 38.6. The minimum Gasteiger partial charge on any atom is -0.377 e. The van der Waals surface area contributed by atoms with Crippen molar-refractivity contribution in [3.05, 3.63) is 53.6 Å². The van der Waals surface area contributed by atoms with Crippen molar-refractivity contribution in [3.63, 3.8) is 0 Å². The smallest absolute Gasteiger partial charge is 0.377 e. The highest BCUT2D eigenvalue weighted by molar-refractivity contribution is 6.04. The summed E-state index contributed by atoms with van der Waals surface area (Å²) in [4.78, 5) is 29.1. The summed E-state index contributed by atoms with van der Waals surface area (Å²) in [5.74, 6) is -0.284. The molecule has 2 rings (SSSR count). The molecule has 2 aromatic rings. The summed E-state index contributed by atoms with van der Waals surface area (Å²) >= 11 is 0. The van der Waals surface area contributed by atoms with Gasteiger partial charge in [-0.3, -0.25) is 4.79 Å². The van der Waals surface area contributed by atoms with Gasteiger partial charge in [0, 0.05) is 44.2 Å². The summed E-state index contributed by atoms with van der Waals surface area (Å²) in [5, 5.41) is 7.84. The third-order valence-corrected chi connectivity index (χ3v) is 5.04. The van der Waals surface area contributed by atoms with Crippen molar-refractivity contribution in [1.29, 1.82) is 0 Å². The number of anilines is 3. The zero-order valence-corrected chi connectivity index (χ0v) is 19.2. The summed E-state index contributed by atoms with van der Waals surface area (Å²) in [7, 11) is 3.60. The number of amides is 3. The van der Waals surface area contributed by atoms with Crippen LogP contribution in [-0.4, -0.2) is 57.1 Å². The van der Waals surface area contributed by atoms with E-state index in [0.29, 0.717) is 30.0 Å². The van der Waals surface area contributed by atoms with Gasteiger partial charge in [-0.15, -0.1) is 0 Å². The lowest BCUT2D eigenvalue weighted by molar-refractivity contribution is -0.137. The normalized spacial score (nSPS) is 11.3. The largest absolute Gasteiger partial charge is 0.416 e. The molecule has 0 saturated carbocycles. The van der Waals surface area contributed by atoms with Crippen LogP contribution in [0.25, 0.3) is 0 Å². The second kappa shape index (κ2) is 11.6. The molecule has 2 aromatic carbocycles. The summed E-state index contributed by atoms with van der Waals surface area (Å²) in [6.45, 7) is 7.06. The molecule has 0 atom stereocenters. The Morgan fingerprint density at radius 3 is 2.15 bits per heavy atom. The number of rotatable bonds is 9. The van der Waals surface area contributed by atoms with Crippen LogP contribution < -0.4 is 20.9 Å². The molecule has 0 spiro atoms. The van der Waals surface area contributed by atoms with E-state index in [1.165, 1.54) is 18.2 Å². The molecule has 10 heteroatoms. The molecule has 0 aromatic heterocycles. The van der Waals surface area contributed by atoms with Gasteiger partial charge in [0.1, 0.15) is 0 Å². The highest BCUT2D eigenvalue weighted by atomic mass is 19.4. The van der Waals surface area contributed by atoms with E-state index in [4.69, 9.17) is 0 Å². The fourth-order valence-electron chi connectivity index (χ4n) is 3.21. The van der Waals surface area contributed by atoms with E-state index in [-0.39, 0.29) is 11.6 Å². The number of halogens is 3. The number of carbonyl (C=O) groups is 2. The Hall–Kier alpha value is -3.27. The van der Waals surface area contributed by atoms with E-state index in [9.17, 15) is 22.8 Å². The van der Waals surface area contributed by atoms with Crippen LogP contribution >= 0.6 is 0 Å². The van der Waals surface area contributed by atoms with Crippen LogP contribution in [-0.2, 0) is 6.18 Å². The highest BCUT2D eigenvalue weighted by Crippen LogP contribution is 2.30. The average Bonchev–Trinajstić information content (AvgIpc) is 2.76. The monoisotopic (exact) mass is 465 g/mol. The first-order chi connectivity index (χ1) is 15.5. The summed E-state index contributed by atoms with van der Waals surface area (Å²) in [6.07, 6.45) is -4.51. The van der Waals surface area contributed by atoms with Gasteiger partial charge >= 0.3 is 12.2 Å². The molecule has 0 heterocycles. The minimum atomic E-state index is -4.51. The molecule has 0 radical (unpaired) electrons. The molecule has 7 nitrogen and oxygen atoms in total. The van der Waals surface area contributed by atoms with E-state index < -0.39 is 17.8 Å². The zero-order chi connectivity index (χ0) is 24.6. The van der Waals surface area contributed by atoms with Crippen molar-refractivity contribution in [2.24, 2.45) is 0 Å². The van der Waals surface area contributed by atoms with Gasteiger partial charge in [0.25, 0.3) is 5.91 Å². The van der Waals surface area contributed by atoms with E-state index in [1.54, 1.807) is 31.1 Å². The van der Waals surface area contributed by atoms with Gasteiger partial charge in [0.2, 0.25) is 0 Å². The molecule has 3 N–H and O–H groups in total. The van der Waals surface area contributed by atoms with Crippen LogP contribution in [0.1, 0.15) is 29.8 Å². The third kappa shape index (κ3) is 7.67. The van der Waals surface area contributed by atoms with Crippen LogP contribution in [0.5, 0.6) is 0 Å². The van der Waals surface area contributed by atoms with Crippen molar-refractivity contribution >= 4 is 29.0 Å². The number of carbonyl (C=O) groups excluding carboxylic acids is 2. The van der Waals surface area contributed by atoms with Gasteiger partial charge < -0.3 is 25.8 Å². The standard InChI is InChI=1S/C23H30F3N5O2/c1-5-31(6-2)13-12-27-21(32)19-15-18(10-11-20(19)30(3)4)29-22(33)28-17-9-7-8-16(14-17)23(24,25)26/h7-11,14-15H,5-6,12-13H2,1-4H3,(H,27,32)(H2,28,29,33). The van der Waals surface area contributed by atoms with Gasteiger partial charge in [-0.25, -0.2) is 4.79 Å².